The summed E-state index contributed by atoms with van der Waals surface area (Å²) in [7, 11) is 0. The SMILES string of the molecule is BrCCCC[C@@H](Cc1ccc2c(c1)OCO2)[C@@H](CCBr)Cc1ccc2c(c1)OCO2. The molecule has 4 rings (SSSR count). The van der Waals surface area contributed by atoms with E-state index in [0.717, 1.165) is 52.9 Å². The van der Waals surface area contributed by atoms with Crippen molar-refractivity contribution in [2.75, 3.05) is 24.2 Å². The Morgan fingerprint density at radius 1 is 0.633 bits per heavy atom. The molecule has 0 aromatic heterocycles. The Morgan fingerprint density at radius 3 is 1.70 bits per heavy atom. The molecular formula is C24H28Br2O4. The van der Waals surface area contributed by atoms with Gasteiger partial charge in [-0.05, 0) is 79.3 Å². The summed E-state index contributed by atoms with van der Waals surface area (Å²) in [4.78, 5) is 0. The molecule has 2 aromatic rings. The van der Waals surface area contributed by atoms with Crippen LogP contribution in [0.3, 0.4) is 0 Å². The van der Waals surface area contributed by atoms with Crippen LogP contribution in [0.4, 0.5) is 0 Å². The molecule has 0 radical (unpaired) electrons. The van der Waals surface area contributed by atoms with Gasteiger partial charge in [-0.15, -0.1) is 0 Å². The van der Waals surface area contributed by atoms with Crippen molar-refractivity contribution < 1.29 is 18.9 Å². The average molecular weight is 540 g/mol. The highest BCUT2D eigenvalue weighted by Gasteiger charge is 2.24. The third kappa shape index (κ3) is 5.44. The van der Waals surface area contributed by atoms with Crippen molar-refractivity contribution in [3.63, 3.8) is 0 Å². The molecular weight excluding hydrogens is 512 g/mol. The fourth-order valence-electron chi connectivity index (χ4n) is 4.39. The molecule has 2 aliphatic rings. The topological polar surface area (TPSA) is 36.9 Å². The molecule has 2 aromatic carbocycles. The van der Waals surface area contributed by atoms with E-state index in [4.69, 9.17) is 18.9 Å². The van der Waals surface area contributed by atoms with Crippen molar-refractivity contribution in [1.82, 2.24) is 0 Å². The lowest BCUT2D eigenvalue weighted by atomic mass is 9.78. The fourth-order valence-corrected chi connectivity index (χ4v) is 5.38. The predicted octanol–water partition coefficient (Wildman–Crippen LogP) is 6.51. The number of benzene rings is 2. The molecule has 6 heteroatoms. The highest BCUT2D eigenvalue weighted by atomic mass is 79.9. The largest absolute Gasteiger partial charge is 0.454 e. The van der Waals surface area contributed by atoms with Crippen molar-refractivity contribution >= 4 is 31.9 Å². The van der Waals surface area contributed by atoms with Gasteiger partial charge in [-0.1, -0.05) is 50.4 Å². The van der Waals surface area contributed by atoms with Crippen LogP contribution in [0.25, 0.3) is 0 Å². The molecule has 0 N–H and O–H groups in total. The van der Waals surface area contributed by atoms with Crippen molar-refractivity contribution in [3.8, 4) is 23.0 Å². The summed E-state index contributed by atoms with van der Waals surface area (Å²) >= 11 is 7.29. The molecule has 0 unspecified atom stereocenters. The van der Waals surface area contributed by atoms with Gasteiger partial charge in [-0.2, -0.15) is 0 Å². The van der Waals surface area contributed by atoms with Gasteiger partial charge in [-0.3, -0.25) is 0 Å². The Balaban J connectivity index is 1.51. The fraction of sp³-hybridized carbons (Fsp3) is 0.500. The molecule has 0 aliphatic carbocycles. The third-order valence-corrected chi connectivity index (χ3v) is 6.99. The smallest absolute Gasteiger partial charge is 0.231 e. The van der Waals surface area contributed by atoms with Crippen LogP contribution in [0.15, 0.2) is 36.4 Å². The third-order valence-electron chi connectivity index (χ3n) is 5.97. The zero-order chi connectivity index (χ0) is 20.8. The number of fused-ring (bicyclic) bond motifs is 2. The first-order valence-electron chi connectivity index (χ1n) is 10.7. The minimum absolute atomic E-state index is 0.322. The van der Waals surface area contributed by atoms with Gasteiger partial charge in [0.25, 0.3) is 0 Å². The molecule has 0 bridgehead atoms. The normalized spacial score (nSPS) is 15.9. The number of unbranched alkanes of at least 4 members (excludes halogenated alkanes) is 1. The van der Waals surface area contributed by atoms with Crippen molar-refractivity contribution in [1.29, 1.82) is 0 Å². The summed E-state index contributed by atoms with van der Waals surface area (Å²) in [5, 5.41) is 2.08. The van der Waals surface area contributed by atoms with Crippen LogP contribution in [0, 0.1) is 11.8 Å². The van der Waals surface area contributed by atoms with Gasteiger partial charge in [0, 0.05) is 10.7 Å². The van der Waals surface area contributed by atoms with Crippen molar-refractivity contribution in [2.24, 2.45) is 11.8 Å². The van der Waals surface area contributed by atoms with Gasteiger partial charge < -0.3 is 18.9 Å². The number of hydrogen-bond donors (Lipinski definition) is 0. The number of hydrogen-bond acceptors (Lipinski definition) is 4. The molecule has 4 nitrogen and oxygen atoms in total. The maximum absolute atomic E-state index is 5.60. The van der Waals surface area contributed by atoms with Gasteiger partial charge >= 0.3 is 0 Å². The van der Waals surface area contributed by atoms with E-state index < -0.39 is 0 Å². The summed E-state index contributed by atoms with van der Waals surface area (Å²) in [5.41, 5.74) is 2.65. The first-order chi connectivity index (χ1) is 14.8. The summed E-state index contributed by atoms with van der Waals surface area (Å²) in [6, 6.07) is 12.8. The highest BCUT2D eigenvalue weighted by Crippen LogP contribution is 2.37. The molecule has 162 valence electrons. The van der Waals surface area contributed by atoms with Crippen LogP contribution in [-0.4, -0.2) is 24.2 Å². The molecule has 0 saturated heterocycles. The molecule has 2 atom stereocenters. The number of rotatable bonds is 11. The van der Waals surface area contributed by atoms with Crippen molar-refractivity contribution in [2.45, 2.75) is 38.5 Å². The van der Waals surface area contributed by atoms with E-state index in [0.29, 0.717) is 25.4 Å². The van der Waals surface area contributed by atoms with E-state index in [1.54, 1.807) is 0 Å². The summed E-state index contributed by atoms with van der Waals surface area (Å²) < 4.78 is 22.2. The number of alkyl halides is 2. The van der Waals surface area contributed by atoms with E-state index in [2.05, 4.69) is 56.1 Å². The maximum atomic E-state index is 5.60. The van der Waals surface area contributed by atoms with Crippen molar-refractivity contribution in [3.05, 3.63) is 47.5 Å². The van der Waals surface area contributed by atoms with E-state index in [9.17, 15) is 0 Å². The Morgan fingerprint density at radius 2 is 1.17 bits per heavy atom. The second-order valence-corrected chi connectivity index (χ2v) is 9.55. The van der Waals surface area contributed by atoms with Crippen LogP contribution >= 0.6 is 31.9 Å². The molecule has 2 heterocycles. The zero-order valence-corrected chi connectivity index (χ0v) is 20.3. The standard InChI is InChI=1S/C24H28Br2O4/c25-9-2-1-3-19(11-17-4-6-21-23(13-17)29-15-27-21)20(8-10-26)12-18-5-7-22-24(14-18)30-16-28-22/h4-7,13-14,19-20H,1-3,8-12,15-16H2/t19-,20-/m0/s1. The second kappa shape index (κ2) is 10.8. The Labute approximate surface area is 195 Å². The predicted molar refractivity (Wildman–Crippen MR) is 126 cm³/mol. The van der Waals surface area contributed by atoms with Crippen LogP contribution < -0.4 is 18.9 Å². The van der Waals surface area contributed by atoms with Gasteiger partial charge in [0.2, 0.25) is 13.6 Å². The van der Waals surface area contributed by atoms with E-state index in [-0.39, 0.29) is 0 Å². The molecule has 0 amide bonds. The molecule has 2 aliphatic heterocycles. The van der Waals surface area contributed by atoms with E-state index in [1.165, 1.54) is 30.4 Å². The lowest BCUT2D eigenvalue weighted by Crippen LogP contribution is -2.21. The van der Waals surface area contributed by atoms with Crippen LogP contribution in [0.1, 0.15) is 36.8 Å². The van der Waals surface area contributed by atoms with E-state index >= 15 is 0 Å². The highest BCUT2D eigenvalue weighted by molar-refractivity contribution is 9.09. The van der Waals surface area contributed by atoms with Gasteiger partial charge in [0.15, 0.2) is 23.0 Å². The van der Waals surface area contributed by atoms with Crippen LogP contribution in [0.5, 0.6) is 23.0 Å². The zero-order valence-electron chi connectivity index (χ0n) is 17.1. The molecule has 0 spiro atoms. The molecule has 0 saturated carbocycles. The molecule has 0 fully saturated rings. The average Bonchev–Trinajstić information content (AvgIpc) is 3.41. The monoisotopic (exact) mass is 538 g/mol. The van der Waals surface area contributed by atoms with Crippen LogP contribution in [-0.2, 0) is 12.8 Å². The quantitative estimate of drug-likeness (QED) is 0.241. The minimum Gasteiger partial charge on any atom is -0.454 e. The van der Waals surface area contributed by atoms with E-state index in [1.807, 2.05) is 12.1 Å². The number of halogens is 2. The Hall–Kier alpha value is -1.40. The lowest BCUT2D eigenvalue weighted by Gasteiger charge is -2.28. The second-order valence-electron chi connectivity index (χ2n) is 7.97. The van der Waals surface area contributed by atoms with Gasteiger partial charge in [0.05, 0.1) is 0 Å². The van der Waals surface area contributed by atoms with Gasteiger partial charge in [-0.25, -0.2) is 0 Å². The lowest BCUT2D eigenvalue weighted by molar-refractivity contribution is 0.173. The number of ether oxygens (including phenoxy) is 4. The maximum Gasteiger partial charge on any atom is 0.231 e. The Bertz CT molecular complexity index is 842. The summed E-state index contributed by atoms with van der Waals surface area (Å²) in [6.45, 7) is 0.646. The van der Waals surface area contributed by atoms with Crippen LogP contribution in [0.2, 0.25) is 0 Å². The minimum atomic E-state index is 0.322. The summed E-state index contributed by atoms with van der Waals surface area (Å²) in [6.07, 6.45) is 6.93. The molecule has 30 heavy (non-hydrogen) atoms. The Kier molecular flexibility index (Phi) is 7.83. The first kappa shape index (κ1) is 21.8. The first-order valence-corrected chi connectivity index (χ1v) is 12.9. The van der Waals surface area contributed by atoms with Gasteiger partial charge in [0.1, 0.15) is 0 Å². The summed E-state index contributed by atoms with van der Waals surface area (Å²) in [5.74, 6) is 4.64.